The number of likely N-dealkylation sites (N-methyl/N-ethyl adjacent to an activating group) is 1. The van der Waals surface area contributed by atoms with Gasteiger partial charge in [0.25, 0.3) is 5.91 Å². The molecular weight excluding hydrogens is 340 g/mol. The molecule has 2 heterocycles. The molecule has 2 atom stereocenters. The molecule has 25 heavy (non-hydrogen) atoms. The highest BCUT2D eigenvalue weighted by molar-refractivity contribution is 7.12. The maximum absolute atomic E-state index is 12.8. The fourth-order valence-electron chi connectivity index (χ4n) is 3.29. The third kappa shape index (κ3) is 4.40. The highest BCUT2D eigenvalue weighted by Gasteiger charge is 2.30. The molecule has 0 radical (unpaired) electrons. The fraction of sp³-hybridized carbons (Fsp3) is 0.667. The minimum absolute atomic E-state index is 0.00178. The number of hydrogen-bond donors (Lipinski definition) is 1. The minimum Gasteiger partial charge on any atom is -0.379 e. The Morgan fingerprint density at radius 2 is 2.16 bits per heavy atom. The molecule has 3 rings (SSSR count). The lowest BCUT2D eigenvalue weighted by Gasteiger charge is -2.32. The number of carbonyl (C=O) groups excluding carboxylic acids is 2. The van der Waals surface area contributed by atoms with E-state index in [1.807, 2.05) is 0 Å². The Morgan fingerprint density at radius 3 is 2.96 bits per heavy atom. The molecule has 0 aromatic carbocycles. The van der Waals surface area contributed by atoms with Gasteiger partial charge in [-0.25, -0.2) is 0 Å². The Labute approximate surface area is 152 Å². The Morgan fingerprint density at radius 1 is 1.36 bits per heavy atom. The van der Waals surface area contributed by atoms with Gasteiger partial charge in [-0.05, 0) is 48.6 Å². The van der Waals surface area contributed by atoms with E-state index in [-0.39, 0.29) is 30.6 Å². The van der Waals surface area contributed by atoms with E-state index in [1.165, 1.54) is 22.4 Å². The number of fused-ring (bicyclic) bond motifs is 1. The third-order valence-electron chi connectivity index (χ3n) is 4.85. The normalized spacial score (nSPS) is 23.0. The molecule has 7 heteroatoms. The number of ether oxygens (including phenoxy) is 2. The van der Waals surface area contributed by atoms with Crippen LogP contribution >= 0.6 is 11.3 Å². The quantitative estimate of drug-likeness (QED) is 0.860. The van der Waals surface area contributed by atoms with Gasteiger partial charge in [0.1, 0.15) is 12.7 Å². The fourth-order valence-corrected chi connectivity index (χ4v) is 4.35. The van der Waals surface area contributed by atoms with Gasteiger partial charge in [-0.3, -0.25) is 9.59 Å². The summed E-state index contributed by atoms with van der Waals surface area (Å²) in [7, 11) is 3.39. The van der Waals surface area contributed by atoms with E-state index in [0.717, 1.165) is 24.1 Å². The van der Waals surface area contributed by atoms with Crippen molar-refractivity contribution in [1.29, 1.82) is 0 Å². The van der Waals surface area contributed by atoms with Crippen LogP contribution in [0.3, 0.4) is 0 Å². The first-order chi connectivity index (χ1) is 12.1. The topological polar surface area (TPSA) is 67.9 Å². The Hall–Kier alpha value is -1.44. The van der Waals surface area contributed by atoms with Crippen molar-refractivity contribution >= 4 is 23.2 Å². The Bertz CT molecular complexity index is 629. The molecule has 1 saturated heterocycles. The van der Waals surface area contributed by atoms with Gasteiger partial charge >= 0.3 is 0 Å². The number of nitrogens with zero attached hydrogens (tertiary/aromatic N) is 1. The first-order valence-corrected chi connectivity index (χ1v) is 9.74. The summed E-state index contributed by atoms with van der Waals surface area (Å²) >= 11 is 1.54. The molecular formula is C18H26N2O4S. The van der Waals surface area contributed by atoms with Crippen LogP contribution in [0.25, 0.3) is 0 Å². The molecule has 138 valence electrons. The lowest BCUT2D eigenvalue weighted by molar-refractivity contribution is -0.140. The van der Waals surface area contributed by atoms with Crippen molar-refractivity contribution in [1.82, 2.24) is 10.2 Å². The first-order valence-electron chi connectivity index (χ1n) is 8.86. The SMILES string of the molecule is CN(C)C(=O)CO[C@@H]1COCC[C@H]1NC(=O)c1scc2c1CCCC2. The second kappa shape index (κ2) is 8.29. The molecule has 1 aromatic rings. The van der Waals surface area contributed by atoms with Gasteiger partial charge in [0, 0.05) is 20.7 Å². The van der Waals surface area contributed by atoms with Crippen LogP contribution in [-0.2, 0) is 27.1 Å². The van der Waals surface area contributed by atoms with Crippen LogP contribution < -0.4 is 5.32 Å². The van der Waals surface area contributed by atoms with Gasteiger partial charge in [-0.2, -0.15) is 0 Å². The van der Waals surface area contributed by atoms with Gasteiger partial charge in [0.2, 0.25) is 5.91 Å². The zero-order chi connectivity index (χ0) is 17.8. The summed E-state index contributed by atoms with van der Waals surface area (Å²) in [5.41, 5.74) is 2.55. The predicted octanol–water partition coefficient (Wildman–Crippen LogP) is 1.62. The summed E-state index contributed by atoms with van der Waals surface area (Å²) in [6, 6.07) is -0.127. The van der Waals surface area contributed by atoms with Crippen molar-refractivity contribution in [2.75, 3.05) is 33.9 Å². The van der Waals surface area contributed by atoms with Gasteiger partial charge in [-0.1, -0.05) is 0 Å². The van der Waals surface area contributed by atoms with Gasteiger partial charge in [0.05, 0.1) is 17.5 Å². The summed E-state index contributed by atoms with van der Waals surface area (Å²) in [4.78, 5) is 26.8. The summed E-state index contributed by atoms with van der Waals surface area (Å²) in [5.74, 6) is -0.115. The van der Waals surface area contributed by atoms with Crippen molar-refractivity contribution in [2.45, 2.75) is 44.2 Å². The molecule has 0 spiro atoms. The number of thiophene rings is 1. The number of aryl methyl sites for hydroxylation is 1. The van der Waals surface area contributed by atoms with Crippen molar-refractivity contribution in [3.8, 4) is 0 Å². The summed E-state index contributed by atoms with van der Waals surface area (Å²) < 4.78 is 11.2. The van der Waals surface area contributed by atoms with E-state index in [2.05, 4.69) is 10.7 Å². The van der Waals surface area contributed by atoms with Crippen LogP contribution in [0.4, 0.5) is 0 Å². The van der Waals surface area contributed by atoms with Crippen LogP contribution in [0.1, 0.15) is 40.1 Å². The van der Waals surface area contributed by atoms with Gasteiger partial charge in [0.15, 0.2) is 0 Å². The zero-order valence-electron chi connectivity index (χ0n) is 14.9. The standard InChI is InChI=1S/C18H26N2O4S/c1-20(2)16(21)10-24-15-9-23-8-7-14(15)19-18(22)17-13-6-4-3-5-12(13)11-25-17/h11,14-15H,3-10H2,1-2H3,(H,19,22)/t14-,15-/m1/s1. The van der Waals surface area contributed by atoms with Crippen molar-refractivity contribution in [3.05, 3.63) is 21.4 Å². The second-order valence-corrected chi connectivity index (χ2v) is 7.74. The summed E-state index contributed by atoms with van der Waals surface area (Å²) in [6.07, 6.45) is 4.83. The number of carbonyl (C=O) groups is 2. The van der Waals surface area contributed by atoms with E-state index in [4.69, 9.17) is 9.47 Å². The lowest BCUT2D eigenvalue weighted by Crippen LogP contribution is -2.50. The van der Waals surface area contributed by atoms with Crippen molar-refractivity contribution in [3.63, 3.8) is 0 Å². The van der Waals surface area contributed by atoms with Crippen LogP contribution in [0.2, 0.25) is 0 Å². The van der Waals surface area contributed by atoms with Crippen LogP contribution in [0, 0.1) is 0 Å². The minimum atomic E-state index is -0.294. The number of rotatable bonds is 5. The maximum atomic E-state index is 12.8. The highest BCUT2D eigenvalue weighted by Crippen LogP contribution is 2.30. The number of nitrogens with one attached hydrogen (secondary N) is 1. The van der Waals surface area contributed by atoms with Crippen molar-refractivity contribution in [2.24, 2.45) is 0 Å². The molecule has 1 aliphatic carbocycles. The van der Waals surface area contributed by atoms with Crippen molar-refractivity contribution < 1.29 is 19.1 Å². The maximum Gasteiger partial charge on any atom is 0.261 e. The predicted molar refractivity (Wildman–Crippen MR) is 96.1 cm³/mol. The number of hydrogen-bond acceptors (Lipinski definition) is 5. The monoisotopic (exact) mass is 366 g/mol. The molecule has 1 aromatic heterocycles. The lowest BCUT2D eigenvalue weighted by atomic mass is 9.93. The van der Waals surface area contributed by atoms with E-state index in [9.17, 15) is 9.59 Å². The molecule has 1 N–H and O–H groups in total. The van der Waals surface area contributed by atoms with E-state index in [1.54, 1.807) is 25.4 Å². The van der Waals surface area contributed by atoms with Gasteiger partial charge < -0.3 is 19.7 Å². The molecule has 0 unspecified atom stereocenters. The molecule has 0 saturated carbocycles. The van der Waals surface area contributed by atoms with Crippen LogP contribution in [-0.4, -0.2) is 62.8 Å². The molecule has 2 aliphatic rings. The molecule has 2 amide bonds. The van der Waals surface area contributed by atoms with E-state index < -0.39 is 0 Å². The average Bonchev–Trinajstić information content (AvgIpc) is 3.04. The summed E-state index contributed by atoms with van der Waals surface area (Å²) in [6.45, 7) is 0.991. The smallest absolute Gasteiger partial charge is 0.261 e. The average molecular weight is 366 g/mol. The Kier molecular flexibility index (Phi) is 6.09. The molecule has 1 aliphatic heterocycles. The second-order valence-electron chi connectivity index (χ2n) is 6.86. The van der Waals surface area contributed by atoms with Gasteiger partial charge in [-0.15, -0.1) is 11.3 Å². The third-order valence-corrected chi connectivity index (χ3v) is 5.92. The van der Waals surface area contributed by atoms with E-state index in [0.29, 0.717) is 19.6 Å². The van der Waals surface area contributed by atoms with Crippen LogP contribution in [0.15, 0.2) is 5.38 Å². The van der Waals surface area contributed by atoms with E-state index >= 15 is 0 Å². The van der Waals surface area contributed by atoms with Crippen LogP contribution in [0.5, 0.6) is 0 Å². The zero-order valence-corrected chi connectivity index (χ0v) is 15.7. The first kappa shape index (κ1) is 18.4. The Balaban J connectivity index is 1.62. The molecule has 6 nitrogen and oxygen atoms in total. The summed E-state index contributed by atoms with van der Waals surface area (Å²) in [5, 5.41) is 5.24. The number of amides is 2. The largest absolute Gasteiger partial charge is 0.379 e. The molecule has 1 fully saturated rings. The molecule has 0 bridgehead atoms. The highest BCUT2D eigenvalue weighted by atomic mass is 32.1.